The van der Waals surface area contributed by atoms with Gasteiger partial charge in [-0.1, -0.05) is 0 Å². The Morgan fingerprint density at radius 1 is 1.38 bits per heavy atom. The number of rotatable bonds is 5. The normalized spacial score (nSPS) is 10.5. The average Bonchev–Trinajstić information content (AvgIpc) is 2.47. The first kappa shape index (κ1) is 15.4. The van der Waals surface area contributed by atoms with E-state index in [1.54, 1.807) is 7.05 Å². The molecular formula is C13H12BrF2N3O2. The number of hydrogen-bond donors (Lipinski definition) is 1. The highest BCUT2D eigenvalue weighted by Gasteiger charge is 2.06. The number of aromatic nitrogens is 2. The number of nitrogens with zero attached hydrogens (tertiary/aromatic N) is 2. The molecule has 112 valence electrons. The molecule has 21 heavy (non-hydrogen) atoms. The summed E-state index contributed by atoms with van der Waals surface area (Å²) in [5.74, 6) is -1.65. The van der Waals surface area contributed by atoms with E-state index in [1.807, 2.05) is 0 Å². The third-order valence-electron chi connectivity index (χ3n) is 2.66. The largest absolute Gasteiger partial charge is 0.492 e. The third kappa shape index (κ3) is 3.78. The second-order valence-corrected chi connectivity index (χ2v) is 4.95. The maximum absolute atomic E-state index is 13.0. The van der Waals surface area contributed by atoms with Crippen molar-refractivity contribution in [3.8, 4) is 5.75 Å². The second kappa shape index (κ2) is 6.66. The van der Waals surface area contributed by atoms with Crippen molar-refractivity contribution < 1.29 is 13.5 Å². The van der Waals surface area contributed by atoms with Gasteiger partial charge in [-0.15, -0.1) is 0 Å². The van der Waals surface area contributed by atoms with Crippen molar-refractivity contribution in [1.82, 2.24) is 9.78 Å². The number of halogens is 3. The van der Waals surface area contributed by atoms with Crippen molar-refractivity contribution in [2.24, 2.45) is 7.05 Å². The molecule has 1 aromatic heterocycles. The molecule has 1 N–H and O–H groups in total. The monoisotopic (exact) mass is 359 g/mol. The van der Waals surface area contributed by atoms with Gasteiger partial charge in [-0.05, 0) is 28.1 Å². The molecule has 0 aliphatic heterocycles. The average molecular weight is 360 g/mol. The fourth-order valence-electron chi connectivity index (χ4n) is 1.56. The van der Waals surface area contributed by atoms with Crippen molar-refractivity contribution in [3.05, 3.63) is 50.9 Å². The molecule has 0 aliphatic carbocycles. The summed E-state index contributed by atoms with van der Waals surface area (Å²) in [6, 6.07) is 3.32. The molecule has 2 aromatic rings. The Hall–Kier alpha value is -1.96. The zero-order valence-electron chi connectivity index (χ0n) is 11.1. The van der Waals surface area contributed by atoms with Crippen molar-refractivity contribution in [3.63, 3.8) is 0 Å². The first-order valence-electron chi connectivity index (χ1n) is 6.02. The molecule has 0 spiro atoms. The third-order valence-corrected chi connectivity index (χ3v) is 3.42. The van der Waals surface area contributed by atoms with Crippen molar-refractivity contribution in [2.75, 3.05) is 18.5 Å². The Morgan fingerprint density at radius 3 is 2.86 bits per heavy atom. The molecule has 8 heteroatoms. The van der Waals surface area contributed by atoms with E-state index in [-0.39, 0.29) is 17.9 Å². The zero-order chi connectivity index (χ0) is 15.4. The fourth-order valence-corrected chi connectivity index (χ4v) is 2.05. The lowest BCUT2D eigenvalue weighted by atomic mass is 10.3. The number of anilines is 1. The fraction of sp³-hybridized carbons (Fsp3) is 0.231. The van der Waals surface area contributed by atoms with Gasteiger partial charge in [-0.25, -0.2) is 13.5 Å². The highest BCUT2D eigenvalue weighted by Crippen LogP contribution is 2.17. The Balaban J connectivity index is 1.89. The number of hydrogen-bond acceptors (Lipinski definition) is 4. The number of aryl methyl sites for hydroxylation is 1. The highest BCUT2D eigenvalue weighted by molar-refractivity contribution is 9.10. The molecule has 1 heterocycles. The predicted molar refractivity (Wildman–Crippen MR) is 77.5 cm³/mol. The molecule has 0 fully saturated rings. The minimum atomic E-state index is -0.959. The summed E-state index contributed by atoms with van der Waals surface area (Å²) in [5, 5.41) is 6.84. The molecule has 0 saturated heterocycles. The van der Waals surface area contributed by atoms with E-state index in [0.717, 1.165) is 12.1 Å². The standard InChI is InChI=1S/C13H12BrF2N3O2/c1-19-13(20)12(14)11(7-18-19)17-4-5-21-8-2-3-9(15)10(16)6-8/h2-3,6-7,17H,4-5H2,1H3. The summed E-state index contributed by atoms with van der Waals surface area (Å²) in [5.41, 5.74) is 0.272. The summed E-state index contributed by atoms with van der Waals surface area (Å²) in [4.78, 5) is 11.6. The summed E-state index contributed by atoms with van der Waals surface area (Å²) in [7, 11) is 1.54. The van der Waals surface area contributed by atoms with Crippen molar-refractivity contribution in [1.29, 1.82) is 0 Å². The molecule has 2 rings (SSSR count). The lowest BCUT2D eigenvalue weighted by Crippen LogP contribution is -2.22. The van der Waals surface area contributed by atoms with Gasteiger partial charge in [0.2, 0.25) is 0 Å². The lowest BCUT2D eigenvalue weighted by molar-refractivity contribution is 0.329. The van der Waals surface area contributed by atoms with Crippen LogP contribution in [0, 0.1) is 11.6 Å². The van der Waals surface area contributed by atoms with Gasteiger partial charge in [0.25, 0.3) is 5.56 Å². The Labute approximate surface area is 127 Å². The number of ether oxygens (including phenoxy) is 1. The van der Waals surface area contributed by atoms with Crippen LogP contribution in [0.2, 0.25) is 0 Å². The zero-order valence-corrected chi connectivity index (χ0v) is 12.7. The van der Waals surface area contributed by atoms with Crippen LogP contribution in [0.25, 0.3) is 0 Å². The van der Waals surface area contributed by atoms with E-state index in [4.69, 9.17) is 4.74 Å². The van der Waals surface area contributed by atoms with E-state index >= 15 is 0 Å². The smallest absolute Gasteiger partial charge is 0.282 e. The van der Waals surface area contributed by atoms with Crippen LogP contribution < -0.4 is 15.6 Å². The molecule has 0 saturated carbocycles. The van der Waals surface area contributed by atoms with Gasteiger partial charge in [0.1, 0.15) is 16.8 Å². The van der Waals surface area contributed by atoms with Crippen LogP contribution in [-0.4, -0.2) is 22.9 Å². The van der Waals surface area contributed by atoms with E-state index in [0.29, 0.717) is 16.7 Å². The molecular weight excluding hydrogens is 348 g/mol. The maximum Gasteiger partial charge on any atom is 0.282 e. The number of nitrogens with one attached hydrogen (secondary N) is 1. The summed E-state index contributed by atoms with van der Waals surface area (Å²) in [6.07, 6.45) is 1.50. The topological polar surface area (TPSA) is 56.1 Å². The van der Waals surface area contributed by atoms with Gasteiger partial charge < -0.3 is 10.1 Å². The van der Waals surface area contributed by atoms with Crippen LogP contribution in [0.3, 0.4) is 0 Å². The Bertz CT molecular complexity index is 706. The number of benzene rings is 1. The molecule has 0 unspecified atom stereocenters. The van der Waals surface area contributed by atoms with E-state index in [2.05, 4.69) is 26.3 Å². The quantitative estimate of drug-likeness (QED) is 0.832. The molecule has 0 aliphatic rings. The first-order chi connectivity index (χ1) is 9.99. The van der Waals surface area contributed by atoms with Gasteiger partial charge in [0, 0.05) is 19.7 Å². The van der Waals surface area contributed by atoms with Crippen LogP contribution >= 0.6 is 15.9 Å². The van der Waals surface area contributed by atoms with Gasteiger partial charge >= 0.3 is 0 Å². The molecule has 0 amide bonds. The summed E-state index contributed by atoms with van der Waals surface area (Å²) >= 11 is 3.18. The van der Waals surface area contributed by atoms with Crippen LogP contribution in [0.1, 0.15) is 0 Å². The first-order valence-corrected chi connectivity index (χ1v) is 6.82. The maximum atomic E-state index is 13.0. The van der Waals surface area contributed by atoms with Gasteiger partial charge in [0.15, 0.2) is 11.6 Å². The van der Waals surface area contributed by atoms with Crippen molar-refractivity contribution in [2.45, 2.75) is 0 Å². The van der Waals surface area contributed by atoms with Crippen LogP contribution in [-0.2, 0) is 7.05 Å². The predicted octanol–water partition coefficient (Wildman–Crippen LogP) is 2.31. The van der Waals surface area contributed by atoms with E-state index < -0.39 is 11.6 Å². The highest BCUT2D eigenvalue weighted by atomic mass is 79.9. The van der Waals surface area contributed by atoms with Crippen molar-refractivity contribution >= 4 is 21.6 Å². The van der Waals surface area contributed by atoms with Crippen LogP contribution in [0.5, 0.6) is 5.75 Å². The van der Waals surface area contributed by atoms with Crippen LogP contribution in [0.15, 0.2) is 33.7 Å². The van der Waals surface area contributed by atoms with Crippen LogP contribution in [0.4, 0.5) is 14.5 Å². The van der Waals surface area contributed by atoms with E-state index in [9.17, 15) is 13.6 Å². The van der Waals surface area contributed by atoms with Gasteiger partial charge in [-0.2, -0.15) is 5.10 Å². The molecule has 0 atom stereocenters. The minimum absolute atomic E-state index is 0.215. The summed E-state index contributed by atoms with van der Waals surface area (Å²) < 4.78 is 32.5. The second-order valence-electron chi connectivity index (χ2n) is 4.15. The molecule has 5 nitrogen and oxygen atoms in total. The Kier molecular flexibility index (Phi) is 4.89. The van der Waals surface area contributed by atoms with Gasteiger partial charge in [-0.3, -0.25) is 4.79 Å². The SMILES string of the molecule is Cn1ncc(NCCOc2ccc(F)c(F)c2)c(Br)c1=O. The molecule has 0 bridgehead atoms. The van der Waals surface area contributed by atoms with Gasteiger partial charge in [0.05, 0.1) is 11.9 Å². The molecule has 0 radical (unpaired) electrons. The molecule has 1 aromatic carbocycles. The lowest BCUT2D eigenvalue weighted by Gasteiger charge is -2.10. The summed E-state index contributed by atoms with van der Waals surface area (Å²) in [6.45, 7) is 0.583. The minimum Gasteiger partial charge on any atom is -0.492 e. The Morgan fingerprint density at radius 2 is 2.14 bits per heavy atom. The van der Waals surface area contributed by atoms with E-state index in [1.165, 1.54) is 16.9 Å².